The van der Waals surface area contributed by atoms with Crippen molar-refractivity contribution < 1.29 is 0 Å². The highest BCUT2D eigenvalue weighted by atomic mass is 15.2. The number of nitrogens with zero attached hydrogens (tertiary/aromatic N) is 2. The van der Waals surface area contributed by atoms with Crippen molar-refractivity contribution in [3.8, 4) is 0 Å². The first-order valence-corrected chi connectivity index (χ1v) is 6.88. The van der Waals surface area contributed by atoms with E-state index in [0.29, 0.717) is 5.92 Å². The van der Waals surface area contributed by atoms with Gasteiger partial charge in [0.25, 0.3) is 0 Å². The molecule has 2 heterocycles. The number of H-pyrrole nitrogens is 2. The zero-order valence-corrected chi connectivity index (χ0v) is 11.7. The second-order valence-electron chi connectivity index (χ2n) is 5.40. The molecule has 0 spiro atoms. The molecule has 0 aliphatic carbocycles. The number of hydrogen-bond donors (Lipinski definition) is 3. The normalized spacial score (nSPS) is 13.2. The zero-order chi connectivity index (χ0) is 14.1. The molecule has 2 aromatic heterocycles. The van der Waals surface area contributed by atoms with Crippen LogP contribution in [-0.2, 0) is 6.42 Å². The van der Waals surface area contributed by atoms with Gasteiger partial charge in [0.2, 0.25) is 0 Å². The molecule has 1 aromatic carbocycles. The molecule has 3 rings (SSSR count). The minimum Gasteiger partial charge on any atom is -0.361 e. The number of nitrogens with two attached hydrogens (primary N) is 1. The van der Waals surface area contributed by atoms with Crippen LogP contribution in [0.15, 0.2) is 30.5 Å². The van der Waals surface area contributed by atoms with Gasteiger partial charge in [0.15, 0.2) is 5.82 Å². The van der Waals surface area contributed by atoms with Crippen molar-refractivity contribution in [2.24, 2.45) is 5.73 Å². The van der Waals surface area contributed by atoms with Crippen molar-refractivity contribution in [3.05, 3.63) is 47.7 Å². The van der Waals surface area contributed by atoms with E-state index in [1.54, 1.807) is 0 Å². The third-order valence-corrected chi connectivity index (χ3v) is 3.50. The summed E-state index contributed by atoms with van der Waals surface area (Å²) in [6, 6.07) is 8.06. The highest BCUT2D eigenvalue weighted by Gasteiger charge is 2.15. The summed E-state index contributed by atoms with van der Waals surface area (Å²) < 4.78 is 0. The van der Waals surface area contributed by atoms with E-state index in [1.165, 1.54) is 10.9 Å². The lowest BCUT2D eigenvalue weighted by atomic mass is 10.1. The monoisotopic (exact) mass is 269 g/mol. The van der Waals surface area contributed by atoms with Crippen molar-refractivity contribution in [2.45, 2.75) is 32.2 Å². The predicted octanol–water partition coefficient (Wildman–Crippen LogP) is 2.65. The maximum atomic E-state index is 6.24. The Morgan fingerprint density at radius 3 is 2.80 bits per heavy atom. The van der Waals surface area contributed by atoms with Gasteiger partial charge in [-0.3, -0.25) is 5.10 Å². The number of nitrogens with one attached hydrogen (secondary N) is 2. The molecule has 0 bridgehead atoms. The Labute approximate surface area is 117 Å². The van der Waals surface area contributed by atoms with Crippen LogP contribution in [0, 0.1) is 0 Å². The summed E-state index contributed by atoms with van der Waals surface area (Å²) >= 11 is 0. The zero-order valence-electron chi connectivity index (χ0n) is 11.7. The molecule has 0 amide bonds. The molecule has 0 fully saturated rings. The number of fused-ring (bicyclic) bond motifs is 1. The summed E-state index contributed by atoms with van der Waals surface area (Å²) in [6.45, 7) is 4.14. The lowest BCUT2D eigenvalue weighted by Gasteiger charge is -2.07. The molecule has 3 aromatic rings. The van der Waals surface area contributed by atoms with E-state index in [2.05, 4.69) is 46.1 Å². The summed E-state index contributed by atoms with van der Waals surface area (Å²) in [5.74, 6) is 1.87. The van der Waals surface area contributed by atoms with Gasteiger partial charge in [-0.2, -0.15) is 5.10 Å². The van der Waals surface area contributed by atoms with E-state index in [-0.39, 0.29) is 6.04 Å². The predicted molar refractivity (Wildman–Crippen MR) is 79.4 cm³/mol. The molecular weight excluding hydrogens is 250 g/mol. The van der Waals surface area contributed by atoms with Crippen LogP contribution >= 0.6 is 0 Å². The number of para-hydroxylation sites is 1. The van der Waals surface area contributed by atoms with Crippen LogP contribution in [0.3, 0.4) is 0 Å². The maximum Gasteiger partial charge on any atom is 0.153 e. The van der Waals surface area contributed by atoms with Crippen LogP contribution in [0.1, 0.15) is 43.0 Å². The van der Waals surface area contributed by atoms with Crippen molar-refractivity contribution in [1.29, 1.82) is 0 Å². The number of aromatic nitrogens is 4. The number of aromatic amines is 2. The summed E-state index contributed by atoms with van der Waals surface area (Å²) in [5.41, 5.74) is 8.58. The van der Waals surface area contributed by atoms with Gasteiger partial charge >= 0.3 is 0 Å². The van der Waals surface area contributed by atoms with Crippen molar-refractivity contribution in [1.82, 2.24) is 20.2 Å². The summed E-state index contributed by atoms with van der Waals surface area (Å²) in [4.78, 5) is 7.74. The molecule has 0 radical (unpaired) electrons. The fraction of sp³-hybridized carbons (Fsp3) is 0.333. The molecular formula is C15H19N5. The average Bonchev–Trinajstić information content (AvgIpc) is 3.06. The van der Waals surface area contributed by atoms with Gasteiger partial charge in [0.1, 0.15) is 5.82 Å². The van der Waals surface area contributed by atoms with E-state index in [4.69, 9.17) is 5.73 Å². The average molecular weight is 269 g/mol. The standard InChI is InChI=1S/C15H19N5/c1-9(2)14-18-15(20-19-14)12(16)7-10-8-17-13-6-4-3-5-11(10)13/h3-6,8-9,12,17H,7,16H2,1-2H3,(H,18,19,20)/t12-/m1/s1. The van der Waals surface area contributed by atoms with Crippen LogP contribution in [0.5, 0.6) is 0 Å². The summed E-state index contributed by atoms with van der Waals surface area (Å²) in [5, 5.41) is 8.37. The molecule has 0 saturated heterocycles. The van der Waals surface area contributed by atoms with Crippen LogP contribution in [-0.4, -0.2) is 20.2 Å². The van der Waals surface area contributed by atoms with E-state index in [9.17, 15) is 0 Å². The fourth-order valence-corrected chi connectivity index (χ4v) is 2.35. The number of rotatable bonds is 4. The Kier molecular flexibility index (Phi) is 3.28. The minimum atomic E-state index is -0.172. The smallest absolute Gasteiger partial charge is 0.153 e. The molecule has 0 aliphatic heterocycles. The first-order valence-electron chi connectivity index (χ1n) is 6.88. The topological polar surface area (TPSA) is 83.4 Å². The molecule has 104 valence electrons. The van der Waals surface area contributed by atoms with Crippen molar-refractivity contribution >= 4 is 10.9 Å². The number of hydrogen-bond acceptors (Lipinski definition) is 3. The molecule has 5 nitrogen and oxygen atoms in total. The third-order valence-electron chi connectivity index (χ3n) is 3.50. The fourth-order valence-electron chi connectivity index (χ4n) is 2.35. The van der Waals surface area contributed by atoms with Gasteiger partial charge in [-0.05, 0) is 18.1 Å². The van der Waals surface area contributed by atoms with Crippen LogP contribution < -0.4 is 5.73 Å². The summed E-state index contributed by atoms with van der Waals surface area (Å²) in [7, 11) is 0. The quantitative estimate of drug-likeness (QED) is 0.681. The first-order chi connectivity index (χ1) is 9.65. The van der Waals surface area contributed by atoms with E-state index in [1.807, 2.05) is 18.3 Å². The molecule has 0 saturated carbocycles. The second-order valence-corrected chi connectivity index (χ2v) is 5.40. The van der Waals surface area contributed by atoms with E-state index < -0.39 is 0 Å². The van der Waals surface area contributed by atoms with Gasteiger partial charge in [-0.15, -0.1) is 0 Å². The van der Waals surface area contributed by atoms with Crippen molar-refractivity contribution in [2.75, 3.05) is 0 Å². The van der Waals surface area contributed by atoms with Crippen LogP contribution in [0.25, 0.3) is 10.9 Å². The molecule has 1 atom stereocenters. The highest BCUT2D eigenvalue weighted by Crippen LogP contribution is 2.22. The van der Waals surface area contributed by atoms with Crippen LogP contribution in [0.2, 0.25) is 0 Å². The molecule has 0 unspecified atom stereocenters. The lowest BCUT2D eigenvalue weighted by molar-refractivity contribution is 0.672. The SMILES string of the molecule is CC(C)c1n[nH]c([C@H](N)Cc2c[nH]c3ccccc23)n1. The molecule has 4 N–H and O–H groups in total. The van der Waals surface area contributed by atoms with Gasteiger partial charge in [-0.25, -0.2) is 4.98 Å². The first kappa shape index (κ1) is 12.9. The van der Waals surface area contributed by atoms with E-state index in [0.717, 1.165) is 23.6 Å². The Balaban J connectivity index is 1.82. The Morgan fingerprint density at radius 2 is 2.05 bits per heavy atom. The lowest BCUT2D eigenvalue weighted by Crippen LogP contribution is -2.15. The van der Waals surface area contributed by atoms with E-state index >= 15 is 0 Å². The van der Waals surface area contributed by atoms with Crippen molar-refractivity contribution in [3.63, 3.8) is 0 Å². The molecule has 20 heavy (non-hydrogen) atoms. The largest absolute Gasteiger partial charge is 0.361 e. The Hall–Kier alpha value is -2.14. The van der Waals surface area contributed by atoms with Gasteiger partial charge in [0.05, 0.1) is 6.04 Å². The highest BCUT2D eigenvalue weighted by molar-refractivity contribution is 5.83. The molecule has 5 heteroatoms. The maximum absolute atomic E-state index is 6.24. The number of benzene rings is 1. The Bertz CT molecular complexity index is 710. The van der Waals surface area contributed by atoms with Gasteiger partial charge < -0.3 is 10.7 Å². The summed E-state index contributed by atoms with van der Waals surface area (Å²) in [6.07, 6.45) is 2.75. The van der Waals surface area contributed by atoms with Gasteiger partial charge in [-0.1, -0.05) is 32.0 Å². The second kappa shape index (κ2) is 5.09. The minimum absolute atomic E-state index is 0.172. The Morgan fingerprint density at radius 1 is 1.25 bits per heavy atom. The van der Waals surface area contributed by atoms with Gasteiger partial charge in [0, 0.05) is 23.0 Å². The molecule has 0 aliphatic rings. The van der Waals surface area contributed by atoms with Crippen LogP contribution in [0.4, 0.5) is 0 Å². The third kappa shape index (κ3) is 2.32.